The first-order chi connectivity index (χ1) is 21.1. The van der Waals surface area contributed by atoms with E-state index in [1.165, 1.54) is 41.5 Å². The molecular weight excluding hydrogens is 624 g/mol. The normalized spacial score (nSPS) is 12.7. The Balaban J connectivity index is 0.970. The minimum atomic E-state index is -0.0962. The van der Waals surface area contributed by atoms with Crippen LogP contribution in [0, 0.1) is 0 Å². The molecule has 0 radical (unpaired) electrons. The van der Waals surface area contributed by atoms with Crippen LogP contribution in [0.2, 0.25) is 5.02 Å². The minimum absolute atomic E-state index is 0.0962. The number of pyridine rings is 1. The highest BCUT2D eigenvalue weighted by molar-refractivity contribution is 9.10. The Morgan fingerprint density at radius 3 is 2.60 bits per heavy atom. The first kappa shape index (κ1) is 29.3. The number of anilines is 3. The summed E-state index contributed by atoms with van der Waals surface area (Å²) in [6, 6.07) is 19.6. The smallest absolute Gasteiger partial charge is 0.251 e. The van der Waals surface area contributed by atoms with Crippen LogP contribution in [0.5, 0.6) is 0 Å². The number of para-hydroxylation sites is 1. The van der Waals surface area contributed by atoms with Gasteiger partial charge in [-0.1, -0.05) is 48.7 Å². The molecular formula is C34H34BrClN6O. The van der Waals surface area contributed by atoms with Crippen molar-refractivity contribution in [1.29, 1.82) is 0 Å². The highest BCUT2D eigenvalue weighted by Gasteiger charge is 2.18. The highest BCUT2D eigenvalue weighted by Crippen LogP contribution is 2.34. The number of carbonyl (C=O) groups excluding carboxylic acids is 1. The number of benzene rings is 3. The van der Waals surface area contributed by atoms with Gasteiger partial charge in [0.2, 0.25) is 0 Å². The third-order valence-electron chi connectivity index (χ3n) is 7.96. The summed E-state index contributed by atoms with van der Waals surface area (Å²) in [6.45, 7) is 1.58. The van der Waals surface area contributed by atoms with E-state index in [-0.39, 0.29) is 5.91 Å². The Bertz CT molecular complexity index is 1780. The van der Waals surface area contributed by atoms with Gasteiger partial charge >= 0.3 is 0 Å². The van der Waals surface area contributed by atoms with E-state index in [0.717, 1.165) is 66.1 Å². The molecule has 3 N–H and O–H groups in total. The van der Waals surface area contributed by atoms with E-state index >= 15 is 0 Å². The third-order valence-corrected chi connectivity index (χ3v) is 9.26. The van der Waals surface area contributed by atoms with Crippen molar-refractivity contribution in [2.45, 2.75) is 51.4 Å². The summed E-state index contributed by atoms with van der Waals surface area (Å²) in [4.78, 5) is 26.6. The fourth-order valence-corrected chi connectivity index (χ4v) is 6.26. The first-order valence-corrected chi connectivity index (χ1v) is 16.1. The quantitative estimate of drug-likeness (QED) is 0.123. The van der Waals surface area contributed by atoms with E-state index in [9.17, 15) is 4.79 Å². The van der Waals surface area contributed by atoms with Crippen molar-refractivity contribution in [1.82, 2.24) is 20.3 Å². The van der Waals surface area contributed by atoms with Crippen molar-refractivity contribution in [2.75, 3.05) is 23.7 Å². The second-order valence-electron chi connectivity index (χ2n) is 10.9. The van der Waals surface area contributed by atoms with Crippen LogP contribution in [0.25, 0.3) is 21.8 Å². The number of rotatable bonds is 11. The van der Waals surface area contributed by atoms with E-state index in [2.05, 4.69) is 66.1 Å². The van der Waals surface area contributed by atoms with Gasteiger partial charge in [-0.2, -0.15) is 0 Å². The lowest BCUT2D eigenvalue weighted by Gasteiger charge is -2.21. The molecule has 0 atom stereocenters. The molecule has 1 aliphatic rings. The zero-order chi connectivity index (χ0) is 29.6. The molecule has 0 spiro atoms. The highest BCUT2D eigenvalue weighted by atomic mass is 79.9. The SMILES string of the molecule is O=C(NCCCCCCNc1c2c(nc3ccccc13)CCCC2)c1ccc2c(Nc3cccc(Br)c3Cl)ncnc2c1. The maximum atomic E-state index is 12.9. The van der Waals surface area contributed by atoms with Crippen LogP contribution in [-0.4, -0.2) is 33.9 Å². The average molecular weight is 658 g/mol. The van der Waals surface area contributed by atoms with Crippen LogP contribution in [0.1, 0.15) is 60.1 Å². The number of aryl methyl sites for hydroxylation is 1. The molecule has 2 heterocycles. The number of hydrogen-bond donors (Lipinski definition) is 3. The maximum absolute atomic E-state index is 12.9. The van der Waals surface area contributed by atoms with Gasteiger partial charge in [0, 0.05) is 45.3 Å². The molecule has 3 aromatic carbocycles. The van der Waals surface area contributed by atoms with Crippen molar-refractivity contribution >= 4 is 72.4 Å². The molecule has 5 aromatic rings. The zero-order valence-electron chi connectivity index (χ0n) is 23.9. The number of carbonyl (C=O) groups is 1. The van der Waals surface area contributed by atoms with E-state index < -0.39 is 0 Å². The van der Waals surface area contributed by atoms with E-state index in [1.54, 1.807) is 6.07 Å². The average Bonchev–Trinajstić information content (AvgIpc) is 3.03. The number of halogens is 2. The first-order valence-electron chi connectivity index (χ1n) is 15.0. The second kappa shape index (κ2) is 13.7. The Labute approximate surface area is 265 Å². The number of unbranched alkanes of at least 4 members (excludes halogenated alkanes) is 3. The van der Waals surface area contributed by atoms with E-state index in [4.69, 9.17) is 16.6 Å². The van der Waals surface area contributed by atoms with Gasteiger partial charge in [-0.3, -0.25) is 9.78 Å². The van der Waals surface area contributed by atoms with Crippen LogP contribution in [0.4, 0.5) is 17.2 Å². The van der Waals surface area contributed by atoms with Crippen LogP contribution in [-0.2, 0) is 12.8 Å². The van der Waals surface area contributed by atoms with Crippen molar-refractivity contribution in [3.05, 3.63) is 93.3 Å². The molecule has 220 valence electrons. The lowest BCUT2D eigenvalue weighted by molar-refractivity contribution is 0.0953. The van der Waals surface area contributed by atoms with Crippen molar-refractivity contribution in [2.24, 2.45) is 0 Å². The Kier molecular flexibility index (Phi) is 9.34. The number of nitrogens with one attached hydrogen (secondary N) is 3. The summed E-state index contributed by atoms with van der Waals surface area (Å²) in [6.07, 6.45) is 10.3. The van der Waals surface area contributed by atoms with Crippen LogP contribution >= 0.6 is 27.5 Å². The molecule has 1 amide bonds. The number of aromatic nitrogens is 3. The lowest BCUT2D eigenvalue weighted by atomic mass is 9.92. The minimum Gasteiger partial charge on any atom is -0.384 e. The van der Waals surface area contributed by atoms with Gasteiger partial charge < -0.3 is 16.0 Å². The van der Waals surface area contributed by atoms with Crippen LogP contribution in [0.15, 0.2) is 71.5 Å². The molecule has 0 fully saturated rings. The molecule has 0 aliphatic heterocycles. The fraction of sp³-hybridized carbons (Fsp3) is 0.294. The number of amides is 1. The Hall–Kier alpha value is -3.75. The predicted molar refractivity (Wildman–Crippen MR) is 180 cm³/mol. The molecule has 1 aliphatic carbocycles. The van der Waals surface area contributed by atoms with Gasteiger partial charge in [-0.25, -0.2) is 9.97 Å². The summed E-state index contributed by atoms with van der Waals surface area (Å²) in [5, 5.41) is 12.7. The largest absolute Gasteiger partial charge is 0.384 e. The molecule has 0 unspecified atom stereocenters. The number of fused-ring (bicyclic) bond motifs is 3. The van der Waals surface area contributed by atoms with Crippen molar-refractivity contribution < 1.29 is 4.79 Å². The van der Waals surface area contributed by atoms with Crippen LogP contribution < -0.4 is 16.0 Å². The van der Waals surface area contributed by atoms with E-state index in [0.29, 0.717) is 28.5 Å². The van der Waals surface area contributed by atoms with Gasteiger partial charge in [0.15, 0.2) is 0 Å². The van der Waals surface area contributed by atoms with Crippen LogP contribution in [0.3, 0.4) is 0 Å². The zero-order valence-corrected chi connectivity index (χ0v) is 26.3. The standard InChI is InChI=1S/C34H34BrClN6O/c35-26-12-9-15-29(31(26)36)42-33-25-17-16-22(20-30(25)39-21-40-33)34(43)38-19-8-2-1-7-18-37-32-23-10-3-5-13-27(23)41-28-14-6-4-11-24(28)32/h3,5,9-10,12-13,15-17,20-21H,1-2,4,6-8,11,14,18-19H2,(H,37,41)(H,38,43)(H,39,40,42). The van der Waals surface area contributed by atoms with Gasteiger partial charge in [0.1, 0.15) is 12.1 Å². The second-order valence-corrected chi connectivity index (χ2v) is 12.1. The van der Waals surface area contributed by atoms with Gasteiger partial charge in [-0.05, 0) is 96.4 Å². The predicted octanol–water partition coefficient (Wildman–Crippen LogP) is 8.62. The molecule has 43 heavy (non-hydrogen) atoms. The topological polar surface area (TPSA) is 91.8 Å². The molecule has 2 aromatic heterocycles. The molecule has 0 bridgehead atoms. The summed E-state index contributed by atoms with van der Waals surface area (Å²) < 4.78 is 0.796. The van der Waals surface area contributed by atoms with Crippen molar-refractivity contribution in [3.63, 3.8) is 0 Å². The van der Waals surface area contributed by atoms with Gasteiger partial charge in [0.25, 0.3) is 5.91 Å². The van der Waals surface area contributed by atoms with E-state index in [1.807, 2.05) is 30.3 Å². The Morgan fingerprint density at radius 1 is 0.860 bits per heavy atom. The molecule has 0 saturated carbocycles. The summed E-state index contributed by atoms with van der Waals surface area (Å²) in [5.41, 5.74) is 7.05. The summed E-state index contributed by atoms with van der Waals surface area (Å²) in [7, 11) is 0. The molecule has 9 heteroatoms. The molecule has 7 nitrogen and oxygen atoms in total. The molecule has 6 rings (SSSR count). The summed E-state index contributed by atoms with van der Waals surface area (Å²) in [5.74, 6) is 0.532. The fourth-order valence-electron chi connectivity index (χ4n) is 5.72. The van der Waals surface area contributed by atoms with Gasteiger partial charge in [0.05, 0.1) is 21.7 Å². The van der Waals surface area contributed by atoms with Crippen molar-refractivity contribution in [3.8, 4) is 0 Å². The number of nitrogens with zero attached hydrogens (tertiary/aromatic N) is 3. The molecule has 0 saturated heterocycles. The lowest BCUT2D eigenvalue weighted by Crippen LogP contribution is -2.24. The maximum Gasteiger partial charge on any atom is 0.251 e. The monoisotopic (exact) mass is 656 g/mol. The summed E-state index contributed by atoms with van der Waals surface area (Å²) >= 11 is 9.86. The third kappa shape index (κ3) is 6.76. The van der Waals surface area contributed by atoms with Gasteiger partial charge in [-0.15, -0.1) is 0 Å². The Morgan fingerprint density at radius 2 is 1.70 bits per heavy atom. The number of hydrogen-bond acceptors (Lipinski definition) is 6.